The van der Waals surface area contributed by atoms with Crippen LogP contribution < -0.4 is 9.46 Å². The van der Waals surface area contributed by atoms with Crippen molar-refractivity contribution in [3.63, 3.8) is 0 Å². The topological polar surface area (TPSA) is 85.4 Å². The van der Waals surface area contributed by atoms with Gasteiger partial charge in [-0.2, -0.15) is 26.3 Å². The summed E-state index contributed by atoms with van der Waals surface area (Å²) < 4.78 is 118. The number of aromatic nitrogens is 1. The molecule has 0 saturated heterocycles. The molecule has 1 N–H and O–H groups in total. The van der Waals surface area contributed by atoms with E-state index in [2.05, 4.69) is 9.72 Å². The Kier molecular flexibility index (Phi) is 7.00. The van der Waals surface area contributed by atoms with Crippen molar-refractivity contribution in [2.24, 2.45) is 0 Å². The van der Waals surface area contributed by atoms with Crippen molar-refractivity contribution >= 4 is 27.5 Å². The van der Waals surface area contributed by atoms with E-state index in [0.29, 0.717) is 6.26 Å². The quantitative estimate of drug-likeness (QED) is 0.605. The van der Waals surface area contributed by atoms with E-state index >= 15 is 0 Å². The fraction of sp³-hybridized carbons (Fsp3) is 0.294. The van der Waals surface area contributed by atoms with E-state index in [1.54, 1.807) is 4.72 Å². The van der Waals surface area contributed by atoms with Gasteiger partial charge in [-0.1, -0.05) is 11.6 Å². The van der Waals surface area contributed by atoms with Crippen LogP contribution in [0.2, 0.25) is 5.02 Å². The van der Waals surface area contributed by atoms with Crippen molar-refractivity contribution in [3.8, 4) is 17.0 Å². The fourth-order valence-corrected chi connectivity index (χ4v) is 3.14. The molecule has 0 atom stereocenters. The molecular formula is C17H12ClF7N2O4S. The summed E-state index contributed by atoms with van der Waals surface area (Å²) in [5.74, 6) is -3.56. The number of pyridine rings is 1. The number of alkyl halides is 6. The summed E-state index contributed by atoms with van der Waals surface area (Å²) in [6.07, 6.45) is -14.3. The second-order valence-electron chi connectivity index (χ2n) is 6.44. The molecule has 0 aliphatic rings. The molecular weight excluding hydrogens is 497 g/mol. The summed E-state index contributed by atoms with van der Waals surface area (Å²) in [6, 6.07) is 2.69. The standard InChI is InChI=1S/C17H12ClF7N2O4S/c1-7-3-10(13(28)27-32(2,29)30)12(19)5-9(7)8-4-11(18)14(26-6-8)31-15(16(20,21)22)17(23,24)25/h3-6,15H,1-2H3,(H,27,28). The van der Waals surface area contributed by atoms with Gasteiger partial charge in [0.25, 0.3) is 12.0 Å². The summed E-state index contributed by atoms with van der Waals surface area (Å²) in [5, 5.41) is -0.722. The molecule has 2 aromatic rings. The molecule has 1 amide bonds. The number of amides is 1. The molecule has 0 bridgehead atoms. The van der Waals surface area contributed by atoms with Crippen LogP contribution in [0.15, 0.2) is 24.4 Å². The van der Waals surface area contributed by atoms with Crippen LogP contribution in [-0.4, -0.2) is 44.0 Å². The van der Waals surface area contributed by atoms with E-state index in [9.17, 15) is 43.9 Å². The summed E-state index contributed by atoms with van der Waals surface area (Å²) in [6.45, 7) is 1.38. The molecule has 1 aromatic carbocycles. The number of hydrogen-bond acceptors (Lipinski definition) is 5. The number of ether oxygens (including phenoxy) is 1. The van der Waals surface area contributed by atoms with Crippen molar-refractivity contribution in [2.45, 2.75) is 25.4 Å². The first kappa shape index (κ1) is 25.6. The lowest BCUT2D eigenvalue weighted by Crippen LogP contribution is -2.46. The van der Waals surface area contributed by atoms with Crippen LogP contribution in [0.3, 0.4) is 0 Å². The predicted octanol–water partition coefficient (Wildman–Crippen LogP) is 4.41. The Labute approximate surface area is 181 Å². The SMILES string of the molecule is Cc1cc(C(=O)NS(C)(=O)=O)c(F)cc1-c1cnc(OC(C(F)(F)F)C(F)(F)F)c(Cl)c1. The van der Waals surface area contributed by atoms with Gasteiger partial charge < -0.3 is 4.74 Å². The second kappa shape index (κ2) is 8.73. The Morgan fingerprint density at radius 3 is 2.16 bits per heavy atom. The molecule has 0 saturated carbocycles. The van der Waals surface area contributed by atoms with Crippen molar-refractivity contribution in [3.05, 3.63) is 46.4 Å². The van der Waals surface area contributed by atoms with Gasteiger partial charge in [-0.3, -0.25) is 4.79 Å². The Morgan fingerprint density at radius 1 is 1.12 bits per heavy atom. The molecule has 0 spiro atoms. The first-order valence-electron chi connectivity index (χ1n) is 8.18. The van der Waals surface area contributed by atoms with E-state index < -0.39 is 56.7 Å². The Balaban J connectivity index is 2.41. The number of benzene rings is 1. The maximum atomic E-state index is 14.4. The monoisotopic (exact) mass is 508 g/mol. The molecule has 2 rings (SSSR count). The molecule has 15 heteroatoms. The van der Waals surface area contributed by atoms with E-state index in [0.717, 1.165) is 24.4 Å². The number of rotatable bonds is 5. The maximum Gasteiger partial charge on any atom is 0.434 e. The molecule has 0 aliphatic heterocycles. The van der Waals surface area contributed by atoms with Crippen LogP contribution in [0, 0.1) is 12.7 Å². The van der Waals surface area contributed by atoms with Gasteiger partial charge in [0.2, 0.25) is 15.9 Å². The number of aryl methyl sites for hydroxylation is 1. The third kappa shape index (κ3) is 6.22. The number of carbonyl (C=O) groups excluding carboxylic acids is 1. The third-order valence-corrected chi connectivity index (χ3v) is 4.61. The van der Waals surface area contributed by atoms with Gasteiger partial charge in [-0.25, -0.2) is 22.5 Å². The Morgan fingerprint density at radius 2 is 1.69 bits per heavy atom. The lowest BCUT2D eigenvalue weighted by molar-refractivity contribution is -0.300. The molecule has 0 radical (unpaired) electrons. The van der Waals surface area contributed by atoms with Crippen molar-refractivity contribution in [1.29, 1.82) is 0 Å². The van der Waals surface area contributed by atoms with E-state index in [4.69, 9.17) is 11.6 Å². The van der Waals surface area contributed by atoms with Crippen LogP contribution >= 0.6 is 11.6 Å². The summed E-state index contributed by atoms with van der Waals surface area (Å²) in [7, 11) is -3.97. The fourth-order valence-electron chi connectivity index (χ4n) is 2.48. The average Bonchev–Trinajstić information content (AvgIpc) is 2.58. The van der Waals surface area contributed by atoms with E-state index in [1.165, 1.54) is 6.92 Å². The first-order chi connectivity index (χ1) is 14.4. The predicted molar refractivity (Wildman–Crippen MR) is 98.2 cm³/mol. The Bertz CT molecular complexity index is 1140. The zero-order valence-corrected chi connectivity index (χ0v) is 17.5. The van der Waals surface area contributed by atoms with Crippen LogP contribution in [0.25, 0.3) is 11.1 Å². The second-order valence-corrected chi connectivity index (χ2v) is 8.60. The van der Waals surface area contributed by atoms with Crippen LogP contribution in [-0.2, 0) is 10.0 Å². The van der Waals surface area contributed by atoms with Gasteiger partial charge in [0.15, 0.2) is 0 Å². The summed E-state index contributed by atoms with van der Waals surface area (Å²) in [5.41, 5.74) is -0.416. The number of carbonyl (C=O) groups is 1. The molecule has 1 aromatic heterocycles. The van der Waals surface area contributed by atoms with Gasteiger partial charge in [0, 0.05) is 11.8 Å². The number of nitrogens with zero attached hydrogens (tertiary/aromatic N) is 1. The van der Waals surface area contributed by atoms with Gasteiger partial charge >= 0.3 is 12.4 Å². The highest BCUT2D eigenvalue weighted by atomic mass is 35.5. The average molecular weight is 509 g/mol. The van der Waals surface area contributed by atoms with Gasteiger partial charge in [-0.05, 0) is 36.2 Å². The zero-order valence-electron chi connectivity index (χ0n) is 15.9. The molecule has 32 heavy (non-hydrogen) atoms. The normalized spacial score (nSPS) is 12.7. The minimum atomic E-state index is -5.79. The van der Waals surface area contributed by atoms with Gasteiger partial charge in [-0.15, -0.1) is 0 Å². The number of sulfonamides is 1. The molecule has 0 aliphatic carbocycles. The Hall–Kier alpha value is -2.61. The lowest BCUT2D eigenvalue weighted by atomic mass is 9.99. The van der Waals surface area contributed by atoms with Crippen LogP contribution in [0.1, 0.15) is 15.9 Å². The largest absolute Gasteiger partial charge is 0.454 e. The lowest BCUT2D eigenvalue weighted by Gasteiger charge is -2.23. The zero-order chi connectivity index (χ0) is 24.6. The third-order valence-electron chi connectivity index (χ3n) is 3.78. The van der Waals surface area contributed by atoms with Crippen molar-refractivity contribution in [1.82, 2.24) is 9.71 Å². The molecule has 0 unspecified atom stereocenters. The number of nitrogens with one attached hydrogen (secondary N) is 1. The molecule has 6 nitrogen and oxygen atoms in total. The first-order valence-corrected chi connectivity index (χ1v) is 10.5. The highest BCUT2D eigenvalue weighted by Gasteiger charge is 2.59. The molecule has 176 valence electrons. The van der Waals surface area contributed by atoms with Gasteiger partial charge in [0.05, 0.1) is 11.8 Å². The van der Waals surface area contributed by atoms with Crippen molar-refractivity contribution in [2.75, 3.05) is 6.26 Å². The number of halogens is 8. The van der Waals surface area contributed by atoms with Crippen LogP contribution in [0.4, 0.5) is 30.7 Å². The van der Waals surface area contributed by atoms with E-state index in [-0.39, 0.29) is 16.7 Å². The highest BCUT2D eigenvalue weighted by Crippen LogP contribution is 2.38. The maximum absolute atomic E-state index is 14.4. The minimum absolute atomic E-state index is 0.0237. The number of hydrogen-bond donors (Lipinski definition) is 1. The van der Waals surface area contributed by atoms with E-state index in [1.807, 2.05) is 0 Å². The van der Waals surface area contributed by atoms with Crippen LogP contribution in [0.5, 0.6) is 5.88 Å². The molecule has 0 fully saturated rings. The summed E-state index contributed by atoms with van der Waals surface area (Å²) in [4.78, 5) is 15.2. The van der Waals surface area contributed by atoms with Crippen molar-refractivity contribution < 1.29 is 48.7 Å². The summed E-state index contributed by atoms with van der Waals surface area (Å²) >= 11 is 5.72. The van der Waals surface area contributed by atoms with Gasteiger partial charge in [0.1, 0.15) is 10.8 Å². The smallest absolute Gasteiger partial charge is 0.434 e. The minimum Gasteiger partial charge on any atom is -0.454 e. The highest BCUT2D eigenvalue weighted by molar-refractivity contribution is 7.89. The molecule has 1 heterocycles.